The first-order chi connectivity index (χ1) is 16.8. The number of methoxy groups -OCH3 is 1. The number of hydrogen-bond donors (Lipinski definition) is 2. The summed E-state index contributed by atoms with van der Waals surface area (Å²) in [6.45, 7) is 0. The predicted octanol–water partition coefficient (Wildman–Crippen LogP) is 4.56. The Morgan fingerprint density at radius 3 is 2.39 bits per heavy atom. The molecule has 1 aromatic heterocycles. The Labute approximate surface area is 204 Å². The van der Waals surface area contributed by atoms with Gasteiger partial charge in [0.05, 0.1) is 39.8 Å². The molecule has 0 aliphatic heterocycles. The third kappa shape index (κ3) is 6.30. The van der Waals surface area contributed by atoms with Gasteiger partial charge in [0.1, 0.15) is 11.4 Å². The Morgan fingerprint density at radius 1 is 1.25 bits per heavy atom. The number of halogens is 4. The topological polar surface area (TPSA) is 129 Å². The monoisotopic (exact) mass is 529 g/mol. The molecule has 1 aromatic carbocycles. The van der Waals surface area contributed by atoms with Gasteiger partial charge in [0.2, 0.25) is 0 Å². The highest BCUT2D eigenvalue weighted by Gasteiger charge is 2.45. The fourth-order valence-electron chi connectivity index (χ4n) is 3.88. The maximum absolute atomic E-state index is 13.6. The number of aromatic nitrogens is 1. The van der Waals surface area contributed by atoms with Crippen molar-refractivity contribution in [2.45, 2.75) is 60.1 Å². The van der Waals surface area contributed by atoms with Crippen molar-refractivity contribution >= 4 is 15.9 Å². The molecular weight excluding hydrogens is 506 g/mol. The molecule has 2 saturated carbocycles. The van der Waals surface area contributed by atoms with E-state index in [1.165, 1.54) is 19.2 Å². The van der Waals surface area contributed by atoms with Gasteiger partial charge in [-0.3, -0.25) is 4.98 Å². The van der Waals surface area contributed by atoms with Gasteiger partial charge < -0.3 is 15.2 Å². The molecule has 0 bridgehead atoms. The number of nitrogens with zero attached hydrogens (tertiary/aromatic N) is 2. The van der Waals surface area contributed by atoms with Crippen molar-refractivity contribution in [1.82, 2.24) is 10.3 Å². The summed E-state index contributed by atoms with van der Waals surface area (Å²) in [7, 11) is -2.73. The van der Waals surface area contributed by atoms with E-state index < -0.39 is 49.2 Å². The average Bonchev–Trinajstić information content (AvgIpc) is 3.40. The van der Waals surface area contributed by atoms with Crippen LogP contribution in [0.4, 0.5) is 22.4 Å². The molecule has 2 atom stereocenters. The Hall–Kier alpha value is -3.24. The van der Waals surface area contributed by atoms with Crippen molar-refractivity contribution in [3.8, 4) is 17.3 Å². The number of amides is 1. The summed E-state index contributed by atoms with van der Waals surface area (Å²) in [6.07, 6.45) is -3.17. The normalized spacial score (nSPS) is 20.6. The van der Waals surface area contributed by atoms with Gasteiger partial charge in [-0.15, -0.1) is 0 Å². The highest BCUT2D eigenvalue weighted by Crippen LogP contribution is 2.40. The lowest BCUT2D eigenvalue weighted by Gasteiger charge is -2.18. The van der Waals surface area contributed by atoms with Gasteiger partial charge in [0.25, 0.3) is 0 Å². The van der Waals surface area contributed by atoms with Crippen LogP contribution in [0.15, 0.2) is 41.4 Å². The molecule has 2 N–H and O–H groups in total. The third-order valence-corrected chi connectivity index (χ3v) is 8.31. The smallest absolute Gasteiger partial charge is 0.417 e. The molecule has 13 heteroatoms. The fourth-order valence-corrected chi connectivity index (χ4v) is 5.89. The summed E-state index contributed by atoms with van der Waals surface area (Å²) >= 11 is 0. The fraction of sp³-hybridized carbons (Fsp3) is 0.435. The molecule has 0 unspecified atom stereocenters. The maximum Gasteiger partial charge on any atom is 0.417 e. The number of pyridine rings is 1. The number of benzene rings is 1. The Kier molecular flexibility index (Phi) is 7.90. The van der Waals surface area contributed by atoms with Gasteiger partial charge in [-0.2, -0.15) is 18.4 Å². The van der Waals surface area contributed by atoms with Crippen molar-refractivity contribution in [2.75, 3.05) is 7.11 Å². The molecule has 0 saturated heterocycles. The standard InChI is InChI=1S/C18H17F4NO3S.C5H6N2O2/c1-26-13-4-5-14(9-13)27(24,25)17-7-2-11(8-15(17)18(20,21)22)16-6-3-12(19)10-23-16;6-3-5(1-2-5)7-4(8)9/h2-3,6-8,10,13-14H,4-5,9H2,1H3;7H,1-2H2,(H,8,9)/t13-,14-;/m0./s1. The second kappa shape index (κ2) is 10.4. The van der Waals surface area contributed by atoms with E-state index >= 15 is 0 Å². The molecule has 194 valence electrons. The van der Waals surface area contributed by atoms with Crippen LogP contribution in [0.5, 0.6) is 0 Å². The Balaban J connectivity index is 0.000000338. The lowest BCUT2D eigenvalue weighted by Crippen LogP contribution is -2.33. The van der Waals surface area contributed by atoms with E-state index in [9.17, 15) is 30.8 Å². The quantitative estimate of drug-likeness (QED) is 0.543. The molecule has 2 aromatic rings. The zero-order chi connectivity index (χ0) is 26.7. The minimum atomic E-state index is -4.86. The van der Waals surface area contributed by atoms with E-state index in [2.05, 4.69) is 10.3 Å². The predicted molar refractivity (Wildman–Crippen MR) is 119 cm³/mol. The SMILES string of the molecule is CO[C@H]1CC[C@H](S(=O)(=O)c2ccc(-c3ccc(F)cn3)cc2C(F)(F)F)C1.N#CC1(NC(=O)O)CC1. The van der Waals surface area contributed by atoms with E-state index in [0.717, 1.165) is 24.4 Å². The molecule has 0 radical (unpaired) electrons. The lowest BCUT2D eigenvalue weighted by atomic mass is 10.1. The van der Waals surface area contributed by atoms with Gasteiger partial charge in [-0.1, -0.05) is 6.07 Å². The van der Waals surface area contributed by atoms with Crippen LogP contribution >= 0.6 is 0 Å². The summed E-state index contributed by atoms with van der Waals surface area (Å²) in [5.74, 6) is -0.622. The van der Waals surface area contributed by atoms with Gasteiger partial charge in [0.15, 0.2) is 9.84 Å². The highest BCUT2D eigenvalue weighted by atomic mass is 32.2. The molecule has 36 heavy (non-hydrogen) atoms. The molecular formula is C23H23F4N3O5S. The number of rotatable bonds is 5. The summed E-state index contributed by atoms with van der Waals surface area (Å²) in [5, 5.41) is 17.7. The molecule has 2 aliphatic carbocycles. The van der Waals surface area contributed by atoms with Crippen molar-refractivity contribution in [3.05, 3.63) is 47.9 Å². The second-order valence-corrected chi connectivity index (χ2v) is 10.7. The number of alkyl halides is 3. The molecule has 1 amide bonds. The molecule has 4 rings (SSSR count). The number of nitrogens with one attached hydrogen (secondary N) is 1. The van der Waals surface area contributed by atoms with Gasteiger partial charge >= 0.3 is 12.3 Å². The first-order valence-corrected chi connectivity index (χ1v) is 12.4. The first-order valence-electron chi connectivity index (χ1n) is 10.8. The van der Waals surface area contributed by atoms with Crippen LogP contribution in [-0.2, 0) is 20.8 Å². The average molecular weight is 530 g/mol. The van der Waals surface area contributed by atoms with E-state index in [0.29, 0.717) is 19.3 Å². The number of carboxylic acid groups (broad SMARTS) is 1. The van der Waals surface area contributed by atoms with E-state index in [4.69, 9.17) is 15.1 Å². The van der Waals surface area contributed by atoms with E-state index in [-0.39, 0.29) is 30.2 Å². The lowest BCUT2D eigenvalue weighted by molar-refractivity contribution is -0.139. The zero-order valence-corrected chi connectivity index (χ0v) is 19.9. The maximum atomic E-state index is 13.6. The summed E-state index contributed by atoms with van der Waals surface area (Å²) in [5.41, 5.74) is -1.80. The summed E-state index contributed by atoms with van der Waals surface area (Å²) in [4.78, 5) is 13.0. The Bertz CT molecular complexity index is 1260. The zero-order valence-electron chi connectivity index (χ0n) is 19.0. The van der Waals surface area contributed by atoms with E-state index in [1.807, 2.05) is 6.07 Å². The van der Waals surface area contributed by atoms with E-state index in [1.54, 1.807) is 0 Å². The molecule has 8 nitrogen and oxygen atoms in total. The molecule has 1 heterocycles. The van der Waals surface area contributed by atoms with Crippen LogP contribution in [0, 0.1) is 17.1 Å². The number of sulfone groups is 1. The first kappa shape index (κ1) is 27.3. The Morgan fingerprint density at radius 2 is 1.94 bits per heavy atom. The summed E-state index contributed by atoms with van der Waals surface area (Å²) in [6, 6.07) is 7.16. The van der Waals surface area contributed by atoms with Crippen LogP contribution in [0.2, 0.25) is 0 Å². The van der Waals surface area contributed by atoms with Crippen molar-refractivity contribution in [2.24, 2.45) is 0 Å². The van der Waals surface area contributed by atoms with Crippen LogP contribution < -0.4 is 5.32 Å². The van der Waals surface area contributed by atoms with Crippen LogP contribution in [0.3, 0.4) is 0 Å². The minimum Gasteiger partial charge on any atom is -0.465 e. The molecule has 0 spiro atoms. The van der Waals surface area contributed by atoms with Crippen LogP contribution in [-0.4, -0.2) is 48.6 Å². The van der Waals surface area contributed by atoms with Crippen molar-refractivity contribution in [1.29, 1.82) is 5.26 Å². The van der Waals surface area contributed by atoms with Crippen molar-refractivity contribution < 1.29 is 40.6 Å². The second-order valence-electron chi connectivity index (χ2n) is 8.53. The van der Waals surface area contributed by atoms with Crippen LogP contribution in [0.1, 0.15) is 37.7 Å². The largest absolute Gasteiger partial charge is 0.465 e. The number of ether oxygens (including phenoxy) is 1. The number of hydrogen-bond acceptors (Lipinski definition) is 6. The minimum absolute atomic E-state index is 0.0578. The van der Waals surface area contributed by atoms with Crippen molar-refractivity contribution in [3.63, 3.8) is 0 Å². The molecule has 2 aliphatic rings. The number of nitriles is 1. The van der Waals surface area contributed by atoms with Gasteiger partial charge in [-0.25, -0.2) is 17.6 Å². The van der Waals surface area contributed by atoms with Gasteiger partial charge in [-0.05, 0) is 56.4 Å². The summed E-state index contributed by atoms with van der Waals surface area (Å²) < 4.78 is 84.6. The van der Waals surface area contributed by atoms with Gasteiger partial charge in [0, 0.05) is 12.7 Å². The highest BCUT2D eigenvalue weighted by molar-refractivity contribution is 7.92. The number of carbonyl (C=O) groups is 1. The third-order valence-electron chi connectivity index (χ3n) is 6.03. The van der Waals surface area contributed by atoms with Crippen LogP contribution in [0.25, 0.3) is 11.3 Å². The molecule has 2 fully saturated rings.